The van der Waals surface area contributed by atoms with Crippen LogP contribution in [0.15, 0.2) is 0 Å². The monoisotopic (exact) mass is 233 g/mol. The number of carbonyl (C=O) groups is 3. The molecule has 0 saturated carbocycles. The van der Waals surface area contributed by atoms with E-state index in [2.05, 4.69) is 0 Å². The van der Waals surface area contributed by atoms with E-state index in [1.165, 1.54) is 5.32 Å². The van der Waals surface area contributed by atoms with E-state index in [1.54, 1.807) is 0 Å². The lowest BCUT2D eigenvalue weighted by Crippen LogP contribution is -3.17. The van der Waals surface area contributed by atoms with Crippen LogP contribution in [0, 0.1) is 0 Å². The highest BCUT2D eigenvalue weighted by atomic mass is 16.4. The van der Waals surface area contributed by atoms with E-state index in [0.29, 0.717) is 0 Å². The van der Waals surface area contributed by atoms with Crippen molar-refractivity contribution in [2.24, 2.45) is 0 Å². The minimum atomic E-state index is -1.36. The Morgan fingerprint density at radius 1 is 0.938 bits per heavy atom. The van der Waals surface area contributed by atoms with Crippen LogP contribution in [-0.2, 0) is 14.4 Å². The van der Waals surface area contributed by atoms with Crippen LogP contribution in [-0.4, -0.2) is 50.6 Å². The zero-order valence-electron chi connectivity index (χ0n) is 8.56. The van der Waals surface area contributed by atoms with Crippen LogP contribution in [0.5, 0.6) is 0 Å². The topological polar surface area (TPSA) is 141 Å². The minimum Gasteiger partial charge on any atom is -0.544 e. The summed E-state index contributed by atoms with van der Waals surface area (Å²) in [6.07, 6.45) is 0. The van der Waals surface area contributed by atoms with Crippen LogP contribution in [0.2, 0.25) is 0 Å². The number of aliphatic carboxylic acids is 3. The SMILES string of the molecule is O=C([O-])C[NH2+]CC[NH+](CC(=O)[O-])CC(=O)[O-]. The number of rotatable bonds is 9. The van der Waals surface area contributed by atoms with E-state index in [4.69, 9.17) is 0 Å². The Labute approximate surface area is 91.5 Å². The average molecular weight is 233 g/mol. The molecule has 0 unspecified atom stereocenters. The van der Waals surface area contributed by atoms with Gasteiger partial charge in [-0.1, -0.05) is 0 Å². The fraction of sp³-hybridized carbons (Fsp3) is 0.625. The zero-order chi connectivity index (χ0) is 12.6. The first-order valence-corrected chi connectivity index (χ1v) is 4.66. The molecule has 0 spiro atoms. The highest BCUT2D eigenvalue weighted by molar-refractivity contribution is 5.67. The summed E-state index contributed by atoms with van der Waals surface area (Å²) in [6, 6.07) is 0. The third kappa shape index (κ3) is 8.91. The Morgan fingerprint density at radius 3 is 1.81 bits per heavy atom. The number of hydrogen-bond acceptors (Lipinski definition) is 6. The molecule has 16 heavy (non-hydrogen) atoms. The van der Waals surface area contributed by atoms with Crippen molar-refractivity contribution in [3.8, 4) is 0 Å². The standard InChI is InChI=1S/C8H14N2O6/c11-6(12)3-9-1-2-10(4-7(13)14)5-8(15)16/h9H,1-5H2,(H,11,12)(H,13,14)(H,15,16)/p-1. The molecule has 0 saturated heterocycles. The van der Waals surface area contributed by atoms with Crippen molar-refractivity contribution in [3.63, 3.8) is 0 Å². The van der Waals surface area contributed by atoms with Crippen molar-refractivity contribution in [2.45, 2.75) is 0 Å². The molecule has 0 aliphatic rings. The Hall–Kier alpha value is -1.67. The van der Waals surface area contributed by atoms with Crippen molar-refractivity contribution in [1.29, 1.82) is 0 Å². The maximum absolute atomic E-state index is 10.3. The molecule has 0 amide bonds. The molecule has 8 heteroatoms. The van der Waals surface area contributed by atoms with Crippen molar-refractivity contribution in [1.82, 2.24) is 0 Å². The van der Waals surface area contributed by atoms with Crippen LogP contribution in [0.4, 0.5) is 0 Å². The second-order valence-corrected chi connectivity index (χ2v) is 3.25. The van der Waals surface area contributed by atoms with Gasteiger partial charge in [0, 0.05) is 0 Å². The van der Waals surface area contributed by atoms with Crippen LogP contribution < -0.4 is 25.5 Å². The highest BCUT2D eigenvalue weighted by Crippen LogP contribution is 1.52. The summed E-state index contributed by atoms with van der Waals surface area (Å²) in [5.41, 5.74) is 0. The largest absolute Gasteiger partial charge is 0.544 e. The summed E-state index contributed by atoms with van der Waals surface area (Å²) >= 11 is 0. The maximum atomic E-state index is 10.3. The predicted octanol–water partition coefficient (Wildman–Crippen LogP) is -8.32. The third-order valence-electron chi connectivity index (χ3n) is 1.80. The number of hydrogen-bond donors (Lipinski definition) is 2. The molecule has 0 aromatic rings. The molecule has 0 atom stereocenters. The quantitative estimate of drug-likeness (QED) is 0.379. The maximum Gasteiger partial charge on any atom is 0.127 e. The lowest BCUT2D eigenvalue weighted by Gasteiger charge is -2.19. The number of nitrogens with two attached hydrogens (primary N) is 1. The summed E-state index contributed by atoms with van der Waals surface area (Å²) in [5.74, 6) is -3.96. The number of nitrogens with one attached hydrogen (secondary N) is 1. The van der Waals surface area contributed by atoms with Crippen LogP contribution in [0.1, 0.15) is 0 Å². The van der Waals surface area contributed by atoms with Crippen LogP contribution in [0.3, 0.4) is 0 Å². The summed E-state index contributed by atoms with van der Waals surface area (Å²) in [4.78, 5) is 30.8. The fourth-order valence-corrected chi connectivity index (χ4v) is 1.17. The molecular formula is C8H13N2O6-. The molecule has 0 fully saturated rings. The van der Waals surface area contributed by atoms with Gasteiger partial charge in [-0.2, -0.15) is 0 Å². The van der Waals surface area contributed by atoms with Crippen molar-refractivity contribution < 1.29 is 39.9 Å². The lowest BCUT2D eigenvalue weighted by molar-refractivity contribution is -0.901. The van der Waals surface area contributed by atoms with E-state index in [9.17, 15) is 29.7 Å². The van der Waals surface area contributed by atoms with Gasteiger partial charge in [-0.15, -0.1) is 0 Å². The van der Waals surface area contributed by atoms with Crippen molar-refractivity contribution in [2.75, 3.05) is 32.7 Å². The smallest absolute Gasteiger partial charge is 0.127 e. The number of carboxylic acids is 3. The first-order chi connectivity index (χ1) is 7.41. The first kappa shape index (κ1) is 14.3. The summed E-state index contributed by atoms with van der Waals surface area (Å²) in [5, 5.41) is 32.0. The summed E-state index contributed by atoms with van der Waals surface area (Å²) in [7, 11) is 0. The third-order valence-corrected chi connectivity index (χ3v) is 1.80. The van der Waals surface area contributed by atoms with Crippen LogP contribution >= 0.6 is 0 Å². The Balaban J connectivity index is 3.86. The van der Waals surface area contributed by atoms with Gasteiger partial charge in [0.2, 0.25) is 0 Å². The highest BCUT2D eigenvalue weighted by Gasteiger charge is 2.09. The zero-order valence-corrected chi connectivity index (χ0v) is 8.56. The molecule has 0 aromatic heterocycles. The summed E-state index contributed by atoms with van der Waals surface area (Å²) < 4.78 is 0. The van der Waals surface area contributed by atoms with Gasteiger partial charge < -0.3 is 39.9 Å². The second-order valence-electron chi connectivity index (χ2n) is 3.25. The Morgan fingerprint density at radius 2 is 1.44 bits per heavy atom. The first-order valence-electron chi connectivity index (χ1n) is 4.66. The predicted molar refractivity (Wildman–Crippen MR) is 42.2 cm³/mol. The molecule has 3 N–H and O–H groups in total. The van der Waals surface area contributed by atoms with Crippen molar-refractivity contribution >= 4 is 17.9 Å². The summed E-state index contributed by atoms with van der Waals surface area (Å²) in [6.45, 7) is -0.677. The van der Waals surface area contributed by atoms with Crippen LogP contribution in [0.25, 0.3) is 0 Å². The van der Waals surface area contributed by atoms with E-state index < -0.39 is 31.0 Å². The van der Waals surface area contributed by atoms with Gasteiger partial charge in [0.15, 0.2) is 0 Å². The lowest BCUT2D eigenvalue weighted by atomic mass is 10.4. The van der Waals surface area contributed by atoms with E-state index in [-0.39, 0.29) is 24.5 Å². The van der Waals surface area contributed by atoms with Gasteiger partial charge >= 0.3 is 0 Å². The molecule has 0 radical (unpaired) electrons. The van der Waals surface area contributed by atoms with Gasteiger partial charge in [0.1, 0.15) is 32.7 Å². The fourth-order valence-electron chi connectivity index (χ4n) is 1.17. The molecule has 0 heterocycles. The number of carbonyl (C=O) groups excluding carboxylic acids is 3. The van der Waals surface area contributed by atoms with Gasteiger partial charge in [-0.25, -0.2) is 0 Å². The molecule has 0 aliphatic carbocycles. The number of quaternary nitrogens is 2. The Kier molecular flexibility index (Phi) is 6.81. The minimum absolute atomic E-state index is 0.190. The molecule has 8 nitrogen and oxygen atoms in total. The average Bonchev–Trinajstić information content (AvgIpc) is 2.09. The van der Waals surface area contributed by atoms with E-state index in [1.807, 2.05) is 0 Å². The van der Waals surface area contributed by atoms with E-state index >= 15 is 0 Å². The van der Waals surface area contributed by atoms with Gasteiger partial charge in [-0.3, -0.25) is 0 Å². The molecule has 0 aliphatic heterocycles. The van der Waals surface area contributed by atoms with Gasteiger partial charge in [-0.05, 0) is 0 Å². The molecule has 92 valence electrons. The molecule has 0 aromatic carbocycles. The van der Waals surface area contributed by atoms with Gasteiger partial charge in [0.25, 0.3) is 0 Å². The number of carboxylic acid groups (broad SMARTS) is 3. The molecule has 0 rings (SSSR count). The van der Waals surface area contributed by atoms with Gasteiger partial charge in [0.05, 0.1) is 17.9 Å². The van der Waals surface area contributed by atoms with E-state index in [0.717, 1.165) is 0 Å². The Bertz CT molecular complexity index is 251. The normalized spacial score (nSPS) is 10.3. The molecule has 0 bridgehead atoms. The van der Waals surface area contributed by atoms with Crippen molar-refractivity contribution in [3.05, 3.63) is 0 Å². The second kappa shape index (κ2) is 7.60. The molecular weight excluding hydrogens is 220 g/mol.